The Morgan fingerprint density at radius 2 is 1.96 bits per heavy atom. The van der Waals surface area contributed by atoms with Crippen molar-refractivity contribution in [2.24, 2.45) is 7.05 Å². The average Bonchev–Trinajstić information content (AvgIpc) is 2.93. The molecular formula is C19H24FN5O2. The average molecular weight is 373 g/mol. The van der Waals surface area contributed by atoms with E-state index in [1.807, 2.05) is 36.9 Å². The van der Waals surface area contributed by atoms with E-state index in [2.05, 4.69) is 15.3 Å². The number of nitrogens with one attached hydrogen (secondary N) is 1. The van der Waals surface area contributed by atoms with Gasteiger partial charge in [-0.15, -0.1) is 0 Å². The first-order valence-electron chi connectivity index (χ1n) is 8.74. The minimum absolute atomic E-state index is 0.219. The Balaban J connectivity index is 0.000000481. The molecule has 1 aliphatic rings. The van der Waals surface area contributed by atoms with Gasteiger partial charge in [-0.25, -0.2) is 14.4 Å². The van der Waals surface area contributed by atoms with Gasteiger partial charge in [0.25, 0.3) is 0 Å². The van der Waals surface area contributed by atoms with Crippen LogP contribution in [0, 0.1) is 5.82 Å². The minimum Gasteiger partial charge on any atom is -0.368 e. The SMILES string of the molecule is CC(O)O.CN(c1cc2c(cn1)ncn2C)c1ccc(C2CNC2)cc1F. The maximum absolute atomic E-state index is 14.5. The first-order valence-corrected chi connectivity index (χ1v) is 8.74. The number of aromatic nitrogens is 3. The number of aliphatic hydroxyl groups is 2. The van der Waals surface area contributed by atoms with Gasteiger partial charge < -0.3 is 25.0 Å². The van der Waals surface area contributed by atoms with Crippen molar-refractivity contribution in [1.82, 2.24) is 19.9 Å². The highest BCUT2D eigenvalue weighted by Crippen LogP contribution is 2.30. The number of benzene rings is 1. The normalized spacial score (nSPS) is 14.0. The molecule has 0 spiro atoms. The van der Waals surface area contributed by atoms with Gasteiger partial charge >= 0.3 is 0 Å². The topological polar surface area (TPSA) is 86.4 Å². The van der Waals surface area contributed by atoms with Crippen LogP contribution in [0.25, 0.3) is 11.0 Å². The molecule has 1 aliphatic heterocycles. The van der Waals surface area contributed by atoms with E-state index >= 15 is 0 Å². The monoisotopic (exact) mass is 373 g/mol. The number of hydrogen-bond donors (Lipinski definition) is 3. The van der Waals surface area contributed by atoms with Gasteiger partial charge in [-0.1, -0.05) is 6.07 Å². The number of nitrogens with zero attached hydrogens (tertiary/aromatic N) is 4. The summed E-state index contributed by atoms with van der Waals surface area (Å²) in [6.07, 6.45) is 2.30. The predicted molar refractivity (Wildman–Crippen MR) is 102 cm³/mol. The van der Waals surface area contributed by atoms with Gasteiger partial charge in [0.1, 0.15) is 23.4 Å². The van der Waals surface area contributed by atoms with E-state index in [9.17, 15) is 4.39 Å². The first-order chi connectivity index (χ1) is 12.9. The minimum atomic E-state index is -1.17. The van der Waals surface area contributed by atoms with Crippen molar-refractivity contribution in [3.05, 3.63) is 48.2 Å². The largest absolute Gasteiger partial charge is 0.368 e. The summed E-state index contributed by atoms with van der Waals surface area (Å²) < 4.78 is 16.5. The maximum Gasteiger partial charge on any atom is 0.148 e. The van der Waals surface area contributed by atoms with Crippen LogP contribution in [0.3, 0.4) is 0 Å². The summed E-state index contributed by atoms with van der Waals surface area (Å²) in [6, 6.07) is 7.40. The van der Waals surface area contributed by atoms with Crippen LogP contribution in [0.1, 0.15) is 18.4 Å². The van der Waals surface area contributed by atoms with Crippen LogP contribution in [0.15, 0.2) is 36.8 Å². The van der Waals surface area contributed by atoms with Crippen molar-refractivity contribution < 1.29 is 14.6 Å². The molecular weight excluding hydrogens is 349 g/mol. The molecule has 1 saturated heterocycles. The third-order valence-electron chi connectivity index (χ3n) is 4.53. The zero-order chi connectivity index (χ0) is 19.6. The lowest BCUT2D eigenvalue weighted by molar-refractivity contribution is -0.0228. The lowest BCUT2D eigenvalue weighted by atomic mass is 9.93. The van der Waals surface area contributed by atoms with Crippen LogP contribution in [0.5, 0.6) is 0 Å². The van der Waals surface area contributed by atoms with Crippen LogP contribution in [0.4, 0.5) is 15.9 Å². The highest BCUT2D eigenvalue weighted by molar-refractivity contribution is 5.78. The Labute approximate surface area is 157 Å². The van der Waals surface area contributed by atoms with E-state index in [0.29, 0.717) is 17.4 Å². The molecule has 0 unspecified atom stereocenters. The van der Waals surface area contributed by atoms with Gasteiger partial charge in [0, 0.05) is 39.2 Å². The van der Waals surface area contributed by atoms with Gasteiger partial charge in [-0.05, 0) is 24.6 Å². The number of imidazole rings is 1. The van der Waals surface area contributed by atoms with Crippen molar-refractivity contribution in [3.8, 4) is 0 Å². The standard InChI is InChI=1S/C17H18FN5.C2H6O2/c1-22-10-21-14-9-20-17(6-16(14)22)23(2)15-4-3-11(5-13(15)18)12-7-19-8-12;1-2(3)4/h3-6,9-10,12,19H,7-8H2,1-2H3;2-4H,1H3. The van der Waals surface area contributed by atoms with E-state index < -0.39 is 6.29 Å². The summed E-state index contributed by atoms with van der Waals surface area (Å²) >= 11 is 0. The van der Waals surface area contributed by atoms with Crippen molar-refractivity contribution in [2.45, 2.75) is 19.1 Å². The summed E-state index contributed by atoms with van der Waals surface area (Å²) in [6.45, 7) is 3.13. The fraction of sp³-hybridized carbons (Fsp3) is 0.368. The summed E-state index contributed by atoms with van der Waals surface area (Å²) in [5.41, 5.74) is 3.38. The third-order valence-corrected chi connectivity index (χ3v) is 4.53. The Hall–Kier alpha value is -2.55. The molecule has 3 N–H and O–H groups in total. The number of halogens is 1. The van der Waals surface area contributed by atoms with Crippen LogP contribution in [0.2, 0.25) is 0 Å². The van der Waals surface area contributed by atoms with Crippen LogP contribution in [-0.2, 0) is 7.05 Å². The van der Waals surface area contributed by atoms with Crippen LogP contribution >= 0.6 is 0 Å². The van der Waals surface area contributed by atoms with Crippen molar-refractivity contribution in [3.63, 3.8) is 0 Å². The smallest absolute Gasteiger partial charge is 0.148 e. The molecule has 1 fully saturated rings. The lowest BCUT2D eigenvalue weighted by Gasteiger charge is -2.28. The van der Waals surface area contributed by atoms with Crippen molar-refractivity contribution >= 4 is 22.5 Å². The molecule has 0 bridgehead atoms. The van der Waals surface area contributed by atoms with E-state index in [0.717, 1.165) is 29.7 Å². The number of hydrogen-bond acceptors (Lipinski definition) is 6. The van der Waals surface area contributed by atoms with Crippen molar-refractivity contribution in [2.75, 3.05) is 25.0 Å². The number of anilines is 2. The number of rotatable bonds is 3. The van der Waals surface area contributed by atoms with Gasteiger partial charge in [-0.2, -0.15) is 0 Å². The third kappa shape index (κ3) is 4.24. The van der Waals surface area contributed by atoms with Gasteiger partial charge in [-0.3, -0.25) is 0 Å². The van der Waals surface area contributed by atoms with Crippen LogP contribution < -0.4 is 10.2 Å². The summed E-state index contributed by atoms with van der Waals surface area (Å²) in [5.74, 6) is 0.898. The summed E-state index contributed by atoms with van der Waals surface area (Å²) in [7, 11) is 3.76. The Morgan fingerprint density at radius 3 is 2.56 bits per heavy atom. The van der Waals surface area contributed by atoms with E-state index in [-0.39, 0.29) is 5.82 Å². The fourth-order valence-corrected chi connectivity index (χ4v) is 2.90. The zero-order valence-corrected chi connectivity index (χ0v) is 15.6. The summed E-state index contributed by atoms with van der Waals surface area (Å²) in [4.78, 5) is 10.4. The quantitative estimate of drug-likeness (QED) is 0.608. The number of aliphatic hydroxyl groups excluding tert-OH is 1. The van der Waals surface area contributed by atoms with Gasteiger partial charge in [0.15, 0.2) is 0 Å². The number of aryl methyl sites for hydroxylation is 1. The highest BCUT2D eigenvalue weighted by Gasteiger charge is 2.21. The van der Waals surface area contributed by atoms with Crippen molar-refractivity contribution in [1.29, 1.82) is 0 Å². The molecule has 8 heteroatoms. The molecule has 144 valence electrons. The second kappa shape index (κ2) is 7.99. The fourth-order valence-electron chi connectivity index (χ4n) is 2.90. The van der Waals surface area contributed by atoms with E-state index in [1.165, 1.54) is 6.92 Å². The second-order valence-corrected chi connectivity index (χ2v) is 6.64. The molecule has 2 aromatic heterocycles. The Bertz CT molecular complexity index is 921. The highest BCUT2D eigenvalue weighted by atomic mass is 19.1. The number of pyridine rings is 1. The van der Waals surface area contributed by atoms with Gasteiger partial charge in [0.2, 0.25) is 0 Å². The maximum atomic E-state index is 14.5. The molecule has 4 rings (SSSR count). The molecule has 1 aromatic carbocycles. The molecule has 3 heterocycles. The zero-order valence-electron chi connectivity index (χ0n) is 15.6. The molecule has 0 saturated carbocycles. The predicted octanol–water partition coefficient (Wildman–Crippen LogP) is 1.88. The first kappa shape index (κ1) is 19.2. The molecule has 7 nitrogen and oxygen atoms in total. The molecule has 3 aromatic rings. The molecule has 0 amide bonds. The van der Waals surface area contributed by atoms with Gasteiger partial charge in [0.05, 0.1) is 23.7 Å². The summed E-state index contributed by atoms with van der Waals surface area (Å²) in [5, 5.41) is 18.4. The van der Waals surface area contributed by atoms with Crippen LogP contribution in [-0.4, -0.2) is 51.2 Å². The molecule has 0 atom stereocenters. The van der Waals surface area contributed by atoms with E-state index in [4.69, 9.17) is 10.2 Å². The second-order valence-electron chi connectivity index (χ2n) is 6.64. The van der Waals surface area contributed by atoms with E-state index in [1.54, 1.807) is 23.5 Å². The Kier molecular flexibility index (Phi) is 5.69. The molecule has 27 heavy (non-hydrogen) atoms. The lowest BCUT2D eigenvalue weighted by Crippen LogP contribution is -2.39. The molecule has 0 radical (unpaired) electrons. The molecule has 0 aliphatic carbocycles. The number of fused-ring (bicyclic) bond motifs is 1. The Morgan fingerprint density at radius 1 is 1.26 bits per heavy atom.